The van der Waals surface area contributed by atoms with Crippen molar-refractivity contribution >= 4 is 5.69 Å². The minimum absolute atomic E-state index is 0.307. The molecule has 0 aliphatic carbocycles. The van der Waals surface area contributed by atoms with Gasteiger partial charge < -0.3 is 10.1 Å². The molecule has 1 heterocycles. The van der Waals surface area contributed by atoms with Crippen molar-refractivity contribution in [3.63, 3.8) is 0 Å². The molecule has 1 saturated heterocycles. The first-order valence-corrected chi connectivity index (χ1v) is 6.38. The molecule has 19 heavy (non-hydrogen) atoms. The summed E-state index contributed by atoms with van der Waals surface area (Å²) in [6.07, 6.45) is 2.06. The summed E-state index contributed by atoms with van der Waals surface area (Å²) in [6, 6.07) is 4.24. The highest BCUT2D eigenvalue weighted by atomic mass is 19.1. The molecule has 1 unspecified atom stereocenters. The van der Waals surface area contributed by atoms with E-state index in [-0.39, 0.29) is 0 Å². The second kappa shape index (κ2) is 6.58. The maximum absolute atomic E-state index is 13.7. The highest BCUT2D eigenvalue weighted by Crippen LogP contribution is 2.20. The third kappa shape index (κ3) is 3.71. The van der Waals surface area contributed by atoms with Gasteiger partial charge in [-0.25, -0.2) is 0 Å². The SMILES string of the molecule is O=[N+]([O-])c1cccc(CNCCC2CCOC2)c1F. The monoisotopic (exact) mass is 268 g/mol. The lowest BCUT2D eigenvalue weighted by molar-refractivity contribution is -0.387. The van der Waals surface area contributed by atoms with E-state index in [1.807, 2.05) is 0 Å². The molecule has 0 saturated carbocycles. The lowest BCUT2D eigenvalue weighted by Gasteiger charge is -2.09. The predicted molar refractivity (Wildman–Crippen MR) is 68.3 cm³/mol. The zero-order valence-electron chi connectivity index (χ0n) is 10.6. The molecule has 1 aliphatic rings. The Labute approximate surface area is 110 Å². The zero-order valence-corrected chi connectivity index (χ0v) is 10.6. The lowest BCUT2D eigenvalue weighted by Crippen LogP contribution is -2.18. The van der Waals surface area contributed by atoms with Crippen LogP contribution >= 0.6 is 0 Å². The standard InChI is InChI=1S/C13H17FN2O3/c14-13-11(2-1-3-12(13)16(17)18)8-15-6-4-10-5-7-19-9-10/h1-3,10,15H,4-9H2. The van der Waals surface area contributed by atoms with Crippen molar-refractivity contribution in [2.24, 2.45) is 5.92 Å². The van der Waals surface area contributed by atoms with Crippen molar-refractivity contribution in [3.8, 4) is 0 Å². The van der Waals surface area contributed by atoms with E-state index in [4.69, 9.17) is 4.74 Å². The van der Waals surface area contributed by atoms with Crippen molar-refractivity contribution in [1.29, 1.82) is 0 Å². The van der Waals surface area contributed by atoms with Gasteiger partial charge in [0.05, 0.1) is 4.92 Å². The molecule has 1 fully saturated rings. The largest absolute Gasteiger partial charge is 0.381 e. The molecule has 0 amide bonds. The van der Waals surface area contributed by atoms with Crippen LogP contribution in [-0.2, 0) is 11.3 Å². The van der Waals surface area contributed by atoms with Crippen LogP contribution in [0.15, 0.2) is 18.2 Å². The van der Waals surface area contributed by atoms with Gasteiger partial charge in [0.15, 0.2) is 0 Å². The van der Waals surface area contributed by atoms with E-state index in [2.05, 4.69) is 5.32 Å². The molecule has 1 aromatic rings. The van der Waals surface area contributed by atoms with Gasteiger partial charge in [0, 0.05) is 31.4 Å². The highest BCUT2D eigenvalue weighted by molar-refractivity contribution is 5.36. The van der Waals surface area contributed by atoms with Gasteiger partial charge in [0.1, 0.15) is 0 Å². The Morgan fingerprint density at radius 3 is 3.05 bits per heavy atom. The van der Waals surface area contributed by atoms with Crippen molar-refractivity contribution in [2.75, 3.05) is 19.8 Å². The quantitative estimate of drug-likeness (QED) is 0.488. The lowest BCUT2D eigenvalue weighted by atomic mass is 10.1. The molecule has 1 aliphatic heterocycles. The van der Waals surface area contributed by atoms with Gasteiger partial charge in [-0.2, -0.15) is 4.39 Å². The van der Waals surface area contributed by atoms with E-state index in [1.165, 1.54) is 12.1 Å². The van der Waals surface area contributed by atoms with Crippen molar-refractivity contribution in [3.05, 3.63) is 39.7 Å². The van der Waals surface area contributed by atoms with Gasteiger partial charge in [-0.3, -0.25) is 10.1 Å². The third-order valence-electron chi connectivity index (χ3n) is 3.32. The summed E-state index contributed by atoms with van der Waals surface area (Å²) in [6.45, 7) is 2.69. The number of nitro groups is 1. The Kier molecular flexibility index (Phi) is 4.81. The van der Waals surface area contributed by atoms with Crippen LogP contribution < -0.4 is 5.32 Å². The smallest absolute Gasteiger partial charge is 0.305 e. The van der Waals surface area contributed by atoms with E-state index in [0.717, 1.165) is 32.6 Å². The van der Waals surface area contributed by atoms with Gasteiger partial charge in [0.25, 0.3) is 0 Å². The summed E-state index contributed by atoms with van der Waals surface area (Å²) in [7, 11) is 0. The molecular formula is C13H17FN2O3. The summed E-state index contributed by atoms with van der Waals surface area (Å²) in [5.41, 5.74) is -0.139. The van der Waals surface area contributed by atoms with Crippen LogP contribution in [-0.4, -0.2) is 24.7 Å². The number of nitro benzene ring substituents is 1. The number of halogens is 1. The molecule has 1 atom stereocenters. The minimum atomic E-state index is -0.746. The van der Waals surface area contributed by atoms with Crippen LogP contribution in [0.25, 0.3) is 0 Å². The number of rotatable bonds is 6. The van der Waals surface area contributed by atoms with Gasteiger partial charge >= 0.3 is 5.69 Å². The number of hydrogen-bond acceptors (Lipinski definition) is 4. The number of benzene rings is 1. The van der Waals surface area contributed by atoms with Gasteiger partial charge in [0.2, 0.25) is 5.82 Å². The molecule has 1 N–H and O–H groups in total. The highest BCUT2D eigenvalue weighted by Gasteiger charge is 2.17. The van der Waals surface area contributed by atoms with Crippen molar-refractivity contribution in [1.82, 2.24) is 5.32 Å². The van der Waals surface area contributed by atoms with E-state index >= 15 is 0 Å². The summed E-state index contributed by atoms with van der Waals surface area (Å²) < 4.78 is 19.0. The fourth-order valence-corrected chi connectivity index (χ4v) is 2.18. The average Bonchev–Trinajstić information content (AvgIpc) is 2.89. The summed E-state index contributed by atoms with van der Waals surface area (Å²) in [5, 5.41) is 13.7. The first-order chi connectivity index (χ1) is 9.18. The Balaban J connectivity index is 1.82. The summed E-state index contributed by atoms with van der Waals surface area (Å²) in [5.74, 6) is -0.174. The van der Waals surface area contributed by atoms with Crippen LogP contribution in [0, 0.1) is 21.8 Å². The van der Waals surface area contributed by atoms with E-state index in [9.17, 15) is 14.5 Å². The number of nitrogens with zero attached hydrogens (tertiary/aromatic N) is 1. The second-order valence-electron chi connectivity index (χ2n) is 4.70. The first-order valence-electron chi connectivity index (χ1n) is 6.38. The molecule has 0 spiro atoms. The molecule has 104 valence electrons. The Hall–Kier alpha value is -1.53. The normalized spacial score (nSPS) is 18.7. The molecule has 5 nitrogen and oxygen atoms in total. The molecular weight excluding hydrogens is 251 g/mol. The maximum atomic E-state index is 13.7. The fraction of sp³-hybridized carbons (Fsp3) is 0.538. The molecule has 2 rings (SSSR count). The van der Waals surface area contributed by atoms with Gasteiger partial charge in [-0.1, -0.05) is 12.1 Å². The molecule has 1 aromatic carbocycles. The van der Waals surface area contributed by atoms with E-state index in [1.54, 1.807) is 6.07 Å². The van der Waals surface area contributed by atoms with Gasteiger partial charge in [-0.05, 0) is 25.3 Å². The fourth-order valence-electron chi connectivity index (χ4n) is 2.18. The van der Waals surface area contributed by atoms with Gasteiger partial charge in [-0.15, -0.1) is 0 Å². The third-order valence-corrected chi connectivity index (χ3v) is 3.32. The van der Waals surface area contributed by atoms with Crippen LogP contribution in [0.1, 0.15) is 18.4 Å². The molecule has 0 aromatic heterocycles. The second-order valence-corrected chi connectivity index (χ2v) is 4.70. The average molecular weight is 268 g/mol. The molecule has 0 radical (unpaired) electrons. The number of ether oxygens (including phenoxy) is 1. The van der Waals surface area contributed by atoms with Crippen molar-refractivity contribution in [2.45, 2.75) is 19.4 Å². The van der Waals surface area contributed by atoms with Crippen LogP contribution in [0.5, 0.6) is 0 Å². The number of nitrogens with one attached hydrogen (secondary N) is 1. The maximum Gasteiger partial charge on any atom is 0.305 e. The Morgan fingerprint density at radius 1 is 1.53 bits per heavy atom. The Morgan fingerprint density at radius 2 is 2.37 bits per heavy atom. The minimum Gasteiger partial charge on any atom is -0.381 e. The number of hydrogen-bond donors (Lipinski definition) is 1. The zero-order chi connectivity index (χ0) is 13.7. The van der Waals surface area contributed by atoms with Crippen molar-refractivity contribution < 1.29 is 14.1 Å². The molecule has 0 bridgehead atoms. The first kappa shape index (κ1) is 13.9. The predicted octanol–water partition coefficient (Wildman–Crippen LogP) is 2.25. The van der Waals surface area contributed by atoms with Crippen LogP contribution in [0.4, 0.5) is 10.1 Å². The van der Waals surface area contributed by atoms with E-state index < -0.39 is 16.4 Å². The summed E-state index contributed by atoms with van der Waals surface area (Å²) in [4.78, 5) is 9.91. The summed E-state index contributed by atoms with van der Waals surface area (Å²) >= 11 is 0. The Bertz CT molecular complexity index is 448. The van der Waals surface area contributed by atoms with E-state index in [0.29, 0.717) is 18.0 Å². The topological polar surface area (TPSA) is 64.4 Å². The molecule has 6 heteroatoms. The van der Waals surface area contributed by atoms with Crippen LogP contribution in [0.2, 0.25) is 0 Å². The van der Waals surface area contributed by atoms with Crippen LogP contribution in [0.3, 0.4) is 0 Å².